The summed E-state index contributed by atoms with van der Waals surface area (Å²) < 4.78 is 2.02. The van der Waals surface area contributed by atoms with Gasteiger partial charge in [0.2, 0.25) is 0 Å². The minimum Gasteiger partial charge on any atom is -0.296 e. The summed E-state index contributed by atoms with van der Waals surface area (Å²) in [5, 5.41) is 6.59. The Kier molecular flexibility index (Phi) is 6.51. The van der Waals surface area contributed by atoms with E-state index < -0.39 is 11.8 Å². The molecule has 0 aliphatic heterocycles. The molecule has 0 bridgehead atoms. The molecule has 36 heavy (non-hydrogen) atoms. The molecule has 3 heterocycles. The zero-order chi connectivity index (χ0) is 25.4. The molecule has 0 atom stereocenters. The van der Waals surface area contributed by atoms with Gasteiger partial charge in [0.15, 0.2) is 10.3 Å². The van der Waals surface area contributed by atoms with E-state index >= 15 is 0 Å². The van der Waals surface area contributed by atoms with Gasteiger partial charge in [0, 0.05) is 0 Å². The molecule has 2 aromatic carbocycles. The van der Waals surface area contributed by atoms with Crippen molar-refractivity contribution in [2.24, 2.45) is 0 Å². The van der Waals surface area contributed by atoms with E-state index in [0.29, 0.717) is 22.1 Å². The first-order chi connectivity index (χ1) is 17.3. The number of nitrogens with zero attached hydrogens (tertiary/aromatic N) is 3. The zero-order valence-electron chi connectivity index (χ0n) is 20.3. The highest BCUT2D eigenvalue weighted by Crippen LogP contribution is 2.30. The number of carbonyl (C=O) groups excluding carboxylic acids is 2. The van der Waals surface area contributed by atoms with E-state index in [2.05, 4.69) is 77.5 Å². The molecule has 182 valence electrons. The Bertz CT molecular complexity index is 1490. The molecule has 2 N–H and O–H groups in total. The first-order valence-electron chi connectivity index (χ1n) is 11.7. The molecule has 0 aliphatic rings. The Labute approximate surface area is 216 Å². The van der Waals surface area contributed by atoms with Crippen LogP contribution in [0.5, 0.6) is 0 Å². The van der Waals surface area contributed by atoms with Gasteiger partial charge < -0.3 is 0 Å². The molecule has 0 saturated carbocycles. The summed E-state index contributed by atoms with van der Waals surface area (Å²) >= 11 is 2.82. The van der Waals surface area contributed by atoms with Crippen LogP contribution in [0.15, 0.2) is 54.6 Å². The average molecular weight is 516 g/mol. The van der Waals surface area contributed by atoms with Crippen molar-refractivity contribution in [2.45, 2.75) is 39.5 Å². The minimum atomic E-state index is -0.422. The number of rotatable bonds is 6. The molecular weight excluding hydrogens is 490 g/mol. The zero-order valence-corrected chi connectivity index (χ0v) is 22.0. The number of thiazole rings is 2. The Morgan fingerprint density at radius 2 is 1.11 bits per heavy atom. The monoisotopic (exact) mass is 515 g/mol. The molecule has 5 rings (SSSR count). The van der Waals surface area contributed by atoms with E-state index in [1.807, 2.05) is 12.1 Å². The molecule has 7 nitrogen and oxygen atoms in total. The molecule has 9 heteroatoms. The van der Waals surface area contributed by atoms with E-state index in [1.165, 1.54) is 33.8 Å². The largest absolute Gasteiger partial charge is 0.296 e. The number of fused-ring (bicyclic) bond motifs is 2. The molecule has 2 amide bonds. The third-order valence-electron chi connectivity index (χ3n) is 5.81. The topological polar surface area (TPSA) is 96.9 Å². The lowest BCUT2D eigenvalue weighted by Gasteiger charge is -2.04. The number of nitrogens with one attached hydrogen (secondary N) is 2. The van der Waals surface area contributed by atoms with Gasteiger partial charge in [0.25, 0.3) is 11.8 Å². The highest BCUT2D eigenvalue weighted by Gasteiger charge is 2.16. The van der Waals surface area contributed by atoms with E-state index in [9.17, 15) is 9.59 Å². The van der Waals surface area contributed by atoms with Crippen LogP contribution in [0.25, 0.3) is 20.4 Å². The van der Waals surface area contributed by atoms with Gasteiger partial charge in [-0.15, -0.1) is 0 Å². The average Bonchev–Trinajstić information content (AvgIpc) is 3.45. The number of carbonyl (C=O) groups is 2. The second-order valence-corrected chi connectivity index (χ2v) is 11.2. The van der Waals surface area contributed by atoms with Crippen LogP contribution in [0.2, 0.25) is 0 Å². The van der Waals surface area contributed by atoms with E-state index in [0.717, 1.165) is 20.4 Å². The van der Waals surface area contributed by atoms with Crippen LogP contribution in [0, 0.1) is 0 Å². The van der Waals surface area contributed by atoms with Crippen molar-refractivity contribution < 1.29 is 9.59 Å². The van der Waals surface area contributed by atoms with Crippen LogP contribution in [0.3, 0.4) is 0 Å². The van der Waals surface area contributed by atoms with Gasteiger partial charge >= 0.3 is 0 Å². The van der Waals surface area contributed by atoms with E-state index in [4.69, 9.17) is 0 Å². The van der Waals surface area contributed by atoms with Crippen molar-refractivity contribution in [3.63, 3.8) is 0 Å². The SMILES string of the molecule is CC(C)c1ccc2nc(NC(=O)c3cccc(C(=O)Nc4nc5ccc(C(C)C)cc5s4)n3)sc2c1. The van der Waals surface area contributed by atoms with Gasteiger partial charge in [-0.2, -0.15) is 0 Å². The van der Waals surface area contributed by atoms with Gasteiger partial charge in [-0.25, -0.2) is 15.0 Å². The van der Waals surface area contributed by atoms with Crippen LogP contribution < -0.4 is 10.6 Å². The van der Waals surface area contributed by atoms with Crippen LogP contribution in [-0.4, -0.2) is 26.8 Å². The van der Waals surface area contributed by atoms with Crippen molar-refractivity contribution in [3.8, 4) is 0 Å². The van der Waals surface area contributed by atoms with Crippen molar-refractivity contribution in [2.75, 3.05) is 10.6 Å². The quantitative estimate of drug-likeness (QED) is 0.252. The number of anilines is 2. The molecule has 0 radical (unpaired) electrons. The summed E-state index contributed by atoms with van der Waals surface area (Å²) in [5.74, 6) is -0.0243. The van der Waals surface area contributed by atoms with Gasteiger partial charge in [0.1, 0.15) is 11.4 Å². The molecule has 3 aromatic heterocycles. The number of hydrogen-bond donors (Lipinski definition) is 2. The van der Waals surface area contributed by atoms with Crippen molar-refractivity contribution in [3.05, 3.63) is 77.1 Å². The maximum atomic E-state index is 12.9. The van der Waals surface area contributed by atoms with Gasteiger partial charge in [-0.05, 0) is 59.4 Å². The molecular formula is C27H25N5O2S2. The smallest absolute Gasteiger partial charge is 0.276 e. The molecule has 0 unspecified atom stereocenters. The summed E-state index contributed by atoms with van der Waals surface area (Å²) in [6.07, 6.45) is 0. The first kappa shape index (κ1) is 24.0. The first-order valence-corrected chi connectivity index (χ1v) is 13.3. The fraction of sp³-hybridized carbons (Fsp3) is 0.222. The predicted octanol–water partition coefficient (Wildman–Crippen LogP) is 7.05. The summed E-state index contributed by atoms with van der Waals surface area (Å²) in [5.41, 5.74) is 4.37. The lowest BCUT2D eigenvalue weighted by atomic mass is 10.0. The second-order valence-electron chi connectivity index (χ2n) is 9.12. The Morgan fingerprint density at radius 1 is 0.667 bits per heavy atom. The second kappa shape index (κ2) is 9.75. The molecule has 0 spiro atoms. The number of aromatic nitrogens is 3. The number of pyridine rings is 1. The summed E-state index contributed by atoms with van der Waals surface area (Å²) in [6, 6.07) is 17.0. The van der Waals surface area contributed by atoms with Gasteiger partial charge in [-0.1, -0.05) is 68.6 Å². The third-order valence-corrected chi connectivity index (χ3v) is 7.68. The number of hydrogen-bond acceptors (Lipinski definition) is 7. The number of amides is 2. The standard InChI is InChI=1S/C27H25N5O2S2/c1-14(2)16-8-10-18-22(12-16)35-26(29-18)31-24(33)20-6-5-7-21(28-20)25(34)32-27-30-19-11-9-17(15(3)4)13-23(19)36-27/h5-15H,1-4H3,(H,29,31,33)(H,30,32,34). The van der Waals surface area contributed by atoms with Crippen molar-refractivity contribution in [1.82, 2.24) is 15.0 Å². The predicted molar refractivity (Wildman–Crippen MR) is 148 cm³/mol. The summed E-state index contributed by atoms with van der Waals surface area (Å²) in [7, 11) is 0. The molecule has 5 aromatic rings. The summed E-state index contributed by atoms with van der Waals surface area (Å²) in [4.78, 5) is 39.0. The normalized spacial score (nSPS) is 11.5. The Hall–Kier alpha value is -3.69. The van der Waals surface area contributed by atoms with Gasteiger partial charge in [0.05, 0.1) is 20.4 Å². The minimum absolute atomic E-state index is 0.135. The third kappa shape index (κ3) is 4.98. The highest BCUT2D eigenvalue weighted by atomic mass is 32.1. The maximum Gasteiger partial charge on any atom is 0.276 e. The lowest BCUT2D eigenvalue weighted by Crippen LogP contribution is -2.18. The van der Waals surface area contributed by atoms with E-state index in [-0.39, 0.29) is 11.4 Å². The number of benzene rings is 2. The Balaban J connectivity index is 1.31. The maximum absolute atomic E-state index is 12.9. The van der Waals surface area contributed by atoms with Crippen LogP contribution in [0.1, 0.15) is 71.6 Å². The van der Waals surface area contributed by atoms with Crippen LogP contribution in [-0.2, 0) is 0 Å². The van der Waals surface area contributed by atoms with Gasteiger partial charge in [-0.3, -0.25) is 20.2 Å². The lowest BCUT2D eigenvalue weighted by molar-refractivity contribution is 0.101. The van der Waals surface area contributed by atoms with Crippen LogP contribution >= 0.6 is 22.7 Å². The fourth-order valence-electron chi connectivity index (χ4n) is 3.72. The fourth-order valence-corrected chi connectivity index (χ4v) is 5.54. The molecule has 0 aliphatic carbocycles. The molecule has 0 fully saturated rings. The summed E-state index contributed by atoms with van der Waals surface area (Å²) in [6.45, 7) is 8.55. The van der Waals surface area contributed by atoms with Crippen molar-refractivity contribution in [1.29, 1.82) is 0 Å². The highest BCUT2D eigenvalue weighted by molar-refractivity contribution is 7.22. The van der Waals surface area contributed by atoms with Crippen molar-refractivity contribution >= 4 is 65.2 Å². The Morgan fingerprint density at radius 3 is 1.53 bits per heavy atom. The van der Waals surface area contributed by atoms with Crippen LogP contribution in [0.4, 0.5) is 10.3 Å². The van der Waals surface area contributed by atoms with E-state index in [1.54, 1.807) is 18.2 Å². The molecule has 0 saturated heterocycles.